The van der Waals surface area contributed by atoms with Crippen LogP contribution >= 0.6 is 0 Å². The second-order valence-corrected chi connectivity index (χ2v) is 5.02. The number of aliphatic hydroxyl groups excluding tert-OH is 1. The Bertz CT molecular complexity index is 657. The van der Waals surface area contributed by atoms with Crippen molar-refractivity contribution in [3.63, 3.8) is 0 Å². The van der Waals surface area contributed by atoms with Crippen LogP contribution in [-0.4, -0.2) is 28.6 Å². The van der Waals surface area contributed by atoms with Crippen molar-refractivity contribution in [3.8, 4) is 0 Å². The Hall–Kier alpha value is -2.34. The smallest absolute Gasteiger partial charge is 0.257 e. The summed E-state index contributed by atoms with van der Waals surface area (Å²) < 4.78 is 27.0. The number of aryl methyl sites for hydroxylation is 1. The largest absolute Gasteiger partial charge is 0.394 e. The number of pyridine rings is 1. The molecule has 0 bridgehead atoms. The molecule has 2 rings (SSSR count). The number of rotatable bonds is 5. The minimum atomic E-state index is -1.04. The number of amides is 1. The predicted molar refractivity (Wildman–Crippen MR) is 77.4 cm³/mol. The maximum Gasteiger partial charge on any atom is 0.257 e. The normalized spacial score (nSPS) is 12.0. The van der Waals surface area contributed by atoms with Gasteiger partial charge in [0.05, 0.1) is 25.0 Å². The summed E-state index contributed by atoms with van der Waals surface area (Å²) >= 11 is 0. The van der Waals surface area contributed by atoms with Gasteiger partial charge in [0.1, 0.15) is 5.56 Å². The third-order valence-electron chi connectivity index (χ3n) is 3.20. The van der Waals surface area contributed by atoms with Crippen molar-refractivity contribution in [2.45, 2.75) is 19.4 Å². The van der Waals surface area contributed by atoms with Crippen LogP contribution in [0.15, 0.2) is 36.7 Å². The fourth-order valence-electron chi connectivity index (χ4n) is 2.17. The number of halogens is 2. The highest BCUT2D eigenvalue weighted by Crippen LogP contribution is 2.12. The summed E-state index contributed by atoms with van der Waals surface area (Å²) in [6.07, 6.45) is 1.90. The standard InChI is InChI=1S/C16H16F2N2O2/c1-10-3-2-4-11(5-10)6-12(9-21)20-16(22)15-13(17)7-19-8-14(15)18/h2-5,7-8,12,21H,6,9H2,1H3,(H,20,22). The molecule has 1 unspecified atom stereocenters. The summed E-state index contributed by atoms with van der Waals surface area (Å²) in [4.78, 5) is 15.3. The van der Waals surface area contributed by atoms with Crippen molar-refractivity contribution in [1.82, 2.24) is 10.3 Å². The molecule has 0 fully saturated rings. The van der Waals surface area contributed by atoms with E-state index < -0.39 is 29.1 Å². The number of hydrogen-bond donors (Lipinski definition) is 2. The van der Waals surface area contributed by atoms with Crippen LogP contribution in [0.25, 0.3) is 0 Å². The Morgan fingerprint density at radius 1 is 1.32 bits per heavy atom. The van der Waals surface area contributed by atoms with Crippen molar-refractivity contribution in [1.29, 1.82) is 0 Å². The Kier molecular flexibility index (Phi) is 5.16. The first kappa shape index (κ1) is 16.0. The van der Waals surface area contributed by atoms with Gasteiger partial charge in [-0.3, -0.25) is 9.78 Å². The van der Waals surface area contributed by atoms with Gasteiger partial charge in [-0.1, -0.05) is 29.8 Å². The first-order valence-corrected chi connectivity index (χ1v) is 6.77. The van der Waals surface area contributed by atoms with Crippen molar-refractivity contribution in [2.24, 2.45) is 0 Å². The van der Waals surface area contributed by atoms with Crippen LogP contribution in [0.1, 0.15) is 21.5 Å². The zero-order valence-corrected chi connectivity index (χ0v) is 12.0. The number of hydrogen-bond acceptors (Lipinski definition) is 3. The van der Waals surface area contributed by atoms with Crippen LogP contribution < -0.4 is 5.32 Å². The quantitative estimate of drug-likeness (QED) is 0.888. The van der Waals surface area contributed by atoms with E-state index >= 15 is 0 Å². The lowest BCUT2D eigenvalue weighted by atomic mass is 10.0. The SMILES string of the molecule is Cc1cccc(CC(CO)NC(=O)c2c(F)cncc2F)c1. The summed E-state index contributed by atoms with van der Waals surface area (Å²) in [7, 11) is 0. The molecule has 0 aliphatic heterocycles. The molecule has 4 nitrogen and oxygen atoms in total. The molecule has 1 heterocycles. The van der Waals surface area contributed by atoms with Crippen LogP contribution in [-0.2, 0) is 6.42 Å². The van der Waals surface area contributed by atoms with E-state index in [4.69, 9.17) is 0 Å². The Morgan fingerprint density at radius 2 is 2.00 bits per heavy atom. The van der Waals surface area contributed by atoms with E-state index in [0.717, 1.165) is 23.5 Å². The van der Waals surface area contributed by atoms with Gasteiger partial charge in [0.2, 0.25) is 0 Å². The zero-order chi connectivity index (χ0) is 16.1. The molecule has 0 aliphatic rings. The number of nitrogens with zero attached hydrogens (tertiary/aromatic N) is 1. The second-order valence-electron chi connectivity index (χ2n) is 5.02. The van der Waals surface area contributed by atoms with E-state index in [0.29, 0.717) is 6.42 Å². The summed E-state index contributed by atoms with van der Waals surface area (Å²) in [6, 6.07) is 6.93. The van der Waals surface area contributed by atoms with Gasteiger partial charge < -0.3 is 10.4 Å². The molecule has 0 aliphatic carbocycles. The van der Waals surface area contributed by atoms with Gasteiger partial charge in [0.15, 0.2) is 11.6 Å². The molecular weight excluding hydrogens is 290 g/mol. The Balaban J connectivity index is 2.11. The number of carbonyl (C=O) groups is 1. The lowest BCUT2D eigenvalue weighted by Gasteiger charge is -2.17. The summed E-state index contributed by atoms with van der Waals surface area (Å²) in [5.74, 6) is -2.99. The third-order valence-corrected chi connectivity index (χ3v) is 3.20. The lowest BCUT2D eigenvalue weighted by Crippen LogP contribution is -2.39. The molecule has 1 aromatic heterocycles. The van der Waals surface area contributed by atoms with E-state index in [1.54, 1.807) is 0 Å². The predicted octanol–water partition coefficient (Wildman–Crippen LogP) is 2.00. The molecule has 0 radical (unpaired) electrons. The molecule has 0 saturated heterocycles. The molecule has 1 atom stereocenters. The van der Waals surface area contributed by atoms with Gasteiger partial charge in [-0.25, -0.2) is 8.78 Å². The van der Waals surface area contributed by atoms with Crippen LogP contribution in [0.3, 0.4) is 0 Å². The average Bonchev–Trinajstić information content (AvgIpc) is 2.46. The molecule has 0 spiro atoms. The van der Waals surface area contributed by atoms with Crippen LogP contribution in [0.2, 0.25) is 0 Å². The van der Waals surface area contributed by atoms with Crippen molar-refractivity contribution in [2.75, 3.05) is 6.61 Å². The lowest BCUT2D eigenvalue weighted by molar-refractivity contribution is 0.0907. The van der Waals surface area contributed by atoms with Crippen LogP contribution in [0, 0.1) is 18.6 Å². The van der Waals surface area contributed by atoms with Gasteiger partial charge in [-0.05, 0) is 18.9 Å². The fourth-order valence-corrected chi connectivity index (χ4v) is 2.17. The van der Waals surface area contributed by atoms with Crippen molar-refractivity contribution >= 4 is 5.91 Å². The van der Waals surface area contributed by atoms with E-state index in [1.807, 2.05) is 31.2 Å². The highest BCUT2D eigenvalue weighted by molar-refractivity contribution is 5.94. The molecular formula is C16H16F2N2O2. The fraction of sp³-hybridized carbons (Fsp3) is 0.250. The Morgan fingerprint density at radius 3 is 2.59 bits per heavy atom. The van der Waals surface area contributed by atoms with Gasteiger partial charge >= 0.3 is 0 Å². The van der Waals surface area contributed by atoms with E-state index in [9.17, 15) is 18.7 Å². The molecule has 2 N–H and O–H groups in total. The summed E-state index contributed by atoms with van der Waals surface area (Å²) in [5, 5.41) is 11.8. The van der Waals surface area contributed by atoms with Crippen LogP contribution in [0.4, 0.5) is 8.78 Å². The van der Waals surface area contributed by atoms with Gasteiger partial charge in [0.25, 0.3) is 5.91 Å². The first-order valence-electron chi connectivity index (χ1n) is 6.77. The zero-order valence-electron chi connectivity index (χ0n) is 12.0. The van der Waals surface area contributed by atoms with Gasteiger partial charge in [0, 0.05) is 0 Å². The molecule has 2 aromatic rings. The molecule has 0 saturated carbocycles. The van der Waals surface area contributed by atoms with Crippen molar-refractivity contribution in [3.05, 3.63) is 65.0 Å². The summed E-state index contributed by atoms with van der Waals surface area (Å²) in [6.45, 7) is 1.59. The topological polar surface area (TPSA) is 62.2 Å². The first-order chi connectivity index (χ1) is 10.5. The maximum absolute atomic E-state index is 13.5. The van der Waals surface area contributed by atoms with Crippen molar-refractivity contribution < 1.29 is 18.7 Å². The number of carbonyl (C=O) groups excluding carboxylic acids is 1. The molecule has 22 heavy (non-hydrogen) atoms. The number of benzene rings is 1. The highest BCUT2D eigenvalue weighted by Gasteiger charge is 2.20. The average molecular weight is 306 g/mol. The molecule has 6 heteroatoms. The molecule has 1 aromatic carbocycles. The number of aliphatic hydroxyl groups is 1. The monoisotopic (exact) mass is 306 g/mol. The second kappa shape index (κ2) is 7.09. The molecule has 1 amide bonds. The van der Waals surface area contributed by atoms with E-state index in [1.165, 1.54) is 0 Å². The molecule has 116 valence electrons. The minimum Gasteiger partial charge on any atom is -0.394 e. The Labute approximate surface area is 126 Å². The third kappa shape index (κ3) is 3.85. The minimum absolute atomic E-state index is 0.339. The maximum atomic E-state index is 13.5. The highest BCUT2D eigenvalue weighted by atomic mass is 19.1. The number of aromatic nitrogens is 1. The summed E-state index contributed by atoms with van der Waals surface area (Å²) in [5.41, 5.74) is 1.26. The number of nitrogens with one attached hydrogen (secondary N) is 1. The van der Waals surface area contributed by atoms with E-state index in [2.05, 4.69) is 10.3 Å². The van der Waals surface area contributed by atoms with Crippen LogP contribution in [0.5, 0.6) is 0 Å². The van der Waals surface area contributed by atoms with Gasteiger partial charge in [-0.15, -0.1) is 0 Å². The van der Waals surface area contributed by atoms with Gasteiger partial charge in [-0.2, -0.15) is 0 Å². The van der Waals surface area contributed by atoms with E-state index in [-0.39, 0.29) is 6.61 Å².